The lowest BCUT2D eigenvalue weighted by Gasteiger charge is -2.24. The Labute approximate surface area is 149 Å². The normalized spacial score (nSPS) is 15.6. The van der Waals surface area contributed by atoms with E-state index < -0.39 is 0 Å². The molecule has 138 valence electrons. The highest BCUT2D eigenvalue weighted by molar-refractivity contribution is 5.83. The van der Waals surface area contributed by atoms with Crippen molar-refractivity contribution in [2.45, 2.75) is 39.2 Å². The first-order valence-corrected chi connectivity index (χ1v) is 9.04. The summed E-state index contributed by atoms with van der Waals surface area (Å²) in [6.45, 7) is 7.07. The molecule has 0 radical (unpaired) electrons. The number of nitrogens with one attached hydrogen (secondary N) is 2. The SMILES string of the molecule is CC(=O)NCC(=O)NCCCOc1cccc(C(C)N2CCCC2)c1. The van der Waals surface area contributed by atoms with Gasteiger partial charge in [-0.15, -0.1) is 0 Å². The smallest absolute Gasteiger partial charge is 0.239 e. The molecule has 25 heavy (non-hydrogen) atoms. The van der Waals surface area contributed by atoms with Gasteiger partial charge in [-0.05, 0) is 57.0 Å². The molecule has 1 aromatic rings. The molecule has 1 fully saturated rings. The van der Waals surface area contributed by atoms with Gasteiger partial charge in [-0.25, -0.2) is 0 Å². The molecule has 1 atom stereocenters. The molecule has 6 nitrogen and oxygen atoms in total. The van der Waals surface area contributed by atoms with Crippen molar-refractivity contribution in [3.05, 3.63) is 29.8 Å². The van der Waals surface area contributed by atoms with Gasteiger partial charge < -0.3 is 15.4 Å². The van der Waals surface area contributed by atoms with Gasteiger partial charge in [0.1, 0.15) is 5.75 Å². The molecule has 1 aliphatic rings. The van der Waals surface area contributed by atoms with E-state index in [2.05, 4.69) is 34.6 Å². The van der Waals surface area contributed by atoms with Crippen molar-refractivity contribution < 1.29 is 14.3 Å². The third-order valence-electron chi connectivity index (χ3n) is 4.44. The van der Waals surface area contributed by atoms with Crippen LogP contribution in [0, 0.1) is 0 Å². The summed E-state index contributed by atoms with van der Waals surface area (Å²) < 4.78 is 5.80. The molecule has 2 N–H and O–H groups in total. The largest absolute Gasteiger partial charge is 0.494 e. The van der Waals surface area contributed by atoms with Crippen LogP contribution in [0.15, 0.2) is 24.3 Å². The highest BCUT2D eigenvalue weighted by atomic mass is 16.5. The van der Waals surface area contributed by atoms with Gasteiger partial charge in [0.15, 0.2) is 0 Å². The Morgan fingerprint density at radius 3 is 2.72 bits per heavy atom. The molecule has 1 saturated heterocycles. The number of hydrogen-bond acceptors (Lipinski definition) is 4. The van der Waals surface area contributed by atoms with E-state index in [0.717, 1.165) is 12.2 Å². The minimum atomic E-state index is -0.207. The number of rotatable bonds is 9. The van der Waals surface area contributed by atoms with E-state index in [4.69, 9.17) is 4.74 Å². The lowest BCUT2D eigenvalue weighted by Crippen LogP contribution is -2.36. The molecule has 0 bridgehead atoms. The standard InChI is InChI=1S/C19H29N3O3/c1-15(22-10-3-4-11-22)17-7-5-8-18(13-17)25-12-6-9-20-19(24)14-21-16(2)23/h5,7-8,13,15H,3-4,6,9-12,14H2,1-2H3,(H,20,24)(H,21,23). The number of benzene rings is 1. The Bertz CT molecular complexity index is 571. The number of ether oxygens (including phenoxy) is 1. The van der Waals surface area contributed by atoms with Gasteiger partial charge in [0.2, 0.25) is 11.8 Å². The number of nitrogens with zero attached hydrogens (tertiary/aromatic N) is 1. The van der Waals surface area contributed by atoms with Crippen molar-refractivity contribution in [1.29, 1.82) is 0 Å². The molecule has 1 aromatic carbocycles. The number of amides is 2. The summed E-state index contributed by atoms with van der Waals surface area (Å²) in [5.74, 6) is 0.478. The molecule has 1 unspecified atom stereocenters. The van der Waals surface area contributed by atoms with Crippen LogP contribution in [0.2, 0.25) is 0 Å². The van der Waals surface area contributed by atoms with Gasteiger partial charge in [0.25, 0.3) is 0 Å². The van der Waals surface area contributed by atoms with Gasteiger partial charge in [0, 0.05) is 19.5 Å². The minimum absolute atomic E-state index is 0.0205. The third-order valence-corrected chi connectivity index (χ3v) is 4.44. The summed E-state index contributed by atoms with van der Waals surface area (Å²) in [6.07, 6.45) is 3.29. The second-order valence-corrected chi connectivity index (χ2v) is 6.45. The van der Waals surface area contributed by atoms with Crippen molar-refractivity contribution in [3.8, 4) is 5.75 Å². The second kappa shape index (κ2) is 10.0. The summed E-state index contributed by atoms with van der Waals surface area (Å²) >= 11 is 0. The predicted octanol–water partition coefficient (Wildman–Crippen LogP) is 1.86. The minimum Gasteiger partial charge on any atom is -0.494 e. The van der Waals surface area contributed by atoms with Gasteiger partial charge in [-0.2, -0.15) is 0 Å². The fraction of sp³-hybridized carbons (Fsp3) is 0.579. The summed E-state index contributed by atoms with van der Waals surface area (Å²) in [5.41, 5.74) is 1.28. The van der Waals surface area contributed by atoms with E-state index in [9.17, 15) is 9.59 Å². The first-order chi connectivity index (χ1) is 12.1. The maximum atomic E-state index is 11.5. The topological polar surface area (TPSA) is 70.7 Å². The van der Waals surface area contributed by atoms with Gasteiger partial charge >= 0.3 is 0 Å². The van der Waals surface area contributed by atoms with Crippen LogP contribution in [0.5, 0.6) is 5.75 Å². The lowest BCUT2D eigenvalue weighted by atomic mass is 10.1. The van der Waals surface area contributed by atoms with E-state index in [1.54, 1.807) is 0 Å². The fourth-order valence-corrected chi connectivity index (χ4v) is 2.96. The van der Waals surface area contributed by atoms with Crippen molar-refractivity contribution in [1.82, 2.24) is 15.5 Å². The van der Waals surface area contributed by atoms with Crippen LogP contribution in [0.4, 0.5) is 0 Å². The van der Waals surface area contributed by atoms with Crippen LogP contribution in [0.3, 0.4) is 0 Å². The molecule has 0 spiro atoms. The Morgan fingerprint density at radius 1 is 1.24 bits per heavy atom. The number of carbonyl (C=O) groups excluding carboxylic acids is 2. The van der Waals surface area contributed by atoms with E-state index in [1.165, 1.54) is 38.4 Å². The van der Waals surface area contributed by atoms with Crippen molar-refractivity contribution >= 4 is 11.8 Å². The molecule has 0 aliphatic carbocycles. The zero-order valence-electron chi connectivity index (χ0n) is 15.2. The summed E-state index contributed by atoms with van der Waals surface area (Å²) in [6, 6.07) is 8.68. The molecular formula is C19H29N3O3. The summed E-state index contributed by atoms with van der Waals surface area (Å²) in [5, 5.41) is 5.22. The molecule has 2 amide bonds. The number of likely N-dealkylation sites (tertiary alicyclic amines) is 1. The maximum absolute atomic E-state index is 11.5. The average molecular weight is 347 g/mol. The maximum Gasteiger partial charge on any atom is 0.239 e. The first kappa shape index (κ1) is 19.2. The Hall–Kier alpha value is -2.08. The van der Waals surface area contributed by atoms with E-state index in [1.807, 2.05) is 12.1 Å². The van der Waals surface area contributed by atoms with Gasteiger partial charge in [0.05, 0.1) is 13.2 Å². The first-order valence-electron chi connectivity index (χ1n) is 9.04. The summed E-state index contributed by atoms with van der Waals surface area (Å²) in [7, 11) is 0. The average Bonchev–Trinajstić information content (AvgIpc) is 3.14. The molecule has 1 heterocycles. The van der Waals surface area contributed by atoms with E-state index >= 15 is 0 Å². The number of carbonyl (C=O) groups is 2. The van der Waals surface area contributed by atoms with Crippen molar-refractivity contribution in [2.75, 3.05) is 32.8 Å². The second-order valence-electron chi connectivity index (χ2n) is 6.45. The summed E-state index contributed by atoms with van der Waals surface area (Å²) in [4.78, 5) is 24.7. The van der Waals surface area contributed by atoms with Gasteiger partial charge in [-0.3, -0.25) is 14.5 Å². The zero-order chi connectivity index (χ0) is 18.1. The molecule has 6 heteroatoms. The van der Waals surface area contributed by atoms with Crippen LogP contribution in [0.1, 0.15) is 44.7 Å². The van der Waals surface area contributed by atoms with Crippen LogP contribution in [0.25, 0.3) is 0 Å². The predicted molar refractivity (Wildman–Crippen MR) is 97.5 cm³/mol. The molecule has 1 aliphatic heterocycles. The molecule has 2 rings (SSSR count). The monoisotopic (exact) mass is 347 g/mol. The molecular weight excluding hydrogens is 318 g/mol. The third kappa shape index (κ3) is 6.74. The van der Waals surface area contributed by atoms with Crippen molar-refractivity contribution in [2.24, 2.45) is 0 Å². The van der Waals surface area contributed by atoms with Gasteiger partial charge in [-0.1, -0.05) is 12.1 Å². The van der Waals surface area contributed by atoms with Crippen molar-refractivity contribution in [3.63, 3.8) is 0 Å². The quantitative estimate of drug-likeness (QED) is 0.669. The van der Waals surface area contributed by atoms with E-state index in [0.29, 0.717) is 19.2 Å². The van der Waals surface area contributed by atoms with Crippen LogP contribution >= 0.6 is 0 Å². The fourth-order valence-electron chi connectivity index (χ4n) is 2.96. The highest BCUT2D eigenvalue weighted by Gasteiger charge is 2.19. The highest BCUT2D eigenvalue weighted by Crippen LogP contribution is 2.26. The Morgan fingerprint density at radius 2 is 2.00 bits per heavy atom. The molecule has 0 saturated carbocycles. The zero-order valence-corrected chi connectivity index (χ0v) is 15.2. The van der Waals surface area contributed by atoms with Crippen LogP contribution in [-0.2, 0) is 9.59 Å². The molecule has 0 aromatic heterocycles. The lowest BCUT2D eigenvalue weighted by molar-refractivity contribution is -0.125. The van der Waals surface area contributed by atoms with E-state index in [-0.39, 0.29) is 18.4 Å². The Balaban J connectivity index is 1.68. The van der Waals surface area contributed by atoms with Crippen LogP contribution < -0.4 is 15.4 Å². The van der Waals surface area contributed by atoms with Crippen LogP contribution in [-0.4, -0.2) is 49.5 Å². The number of hydrogen-bond donors (Lipinski definition) is 2. The Kier molecular flexibility index (Phi) is 7.73.